The molecule has 0 aliphatic rings. The van der Waals surface area contributed by atoms with Crippen LogP contribution in [0.3, 0.4) is 0 Å². The topological polar surface area (TPSA) is 50.7 Å². The Morgan fingerprint density at radius 2 is 2.19 bits per heavy atom. The summed E-state index contributed by atoms with van der Waals surface area (Å²) in [6.45, 7) is 0. The fourth-order valence-electron chi connectivity index (χ4n) is 1.18. The molecule has 1 aromatic carbocycles. The lowest BCUT2D eigenvalue weighted by Crippen LogP contribution is -1.98. The summed E-state index contributed by atoms with van der Waals surface area (Å²) >= 11 is 5.67. The van der Waals surface area contributed by atoms with Gasteiger partial charge >= 0.3 is 0 Å². The fourth-order valence-corrected chi connectivity index (χ4v) is 1.36. The van der Waals surface area contributed by atoms with E-state index in [0.29, 0.717) is 17.2 Å². The molecule has 0 spiro atoms. The number of hydrogen-bond donors (Lipinski definition) is 1. The van der Waals surface area contributed by atoms with E-state index in [0.717, 1.165) is 0 Å². The molecule has 0 radical (unpaired) electrons. The van der Waals surface area contributed by atoms with Crippen LogP contribution in [-0.2, 0) is 0 Å². The van der Waals surface area contributed by atoms with Crippen LogP contribution in [0.15, 0.2) is 24.4 Å². The zero-order valence-electron chi connectivity index (χ0n) is 8.41. The summed E-state index contributed by atoms with van der Waals surface area (Å²) in [6.07, 6.45) is 1.49. The molecule has 0 aliphatic heterocycles. The van der Waals surface area contributed by atoms with E-state index in [4.69, 9.17) is 11.6 Å². The first-order valence-electron chi connectivity index (χ1n) is 4.53. The first-order valence-corrected chi connectivity index (χ1v) is 4.91. The van der Waals surface area contributed by atoms with E-state index in [-0.39, 0.29) is 5.02 Å². The molecule has 0 fully saturated rings. The standard InChI is InChI=1S/C10H8ClFN4/c1-13-9-5-14-16-10(15-9)6-2-3-8(12)7(11)4-6/h2-5H,1H3,(H,13,15,16). The van der Waals surface area contributed by atoms with E-state index < -0.39 is 5.82 Å². The summed E-state index contributed by atoms with van der Waals surface area (Å²) < 4.78 is 13.0. The minimum absolute atomic E-state index is 0.0379. The molecule has 1 aromatic heterocycles. The summed E-state index contributed by atoms with van der Waals surface area (Å²) in [5.74, 6) is 0.516. The molecule has 2 rings (SSSR count). The van der Waals surface area contributed by atoms with Gasteiger partial charge in [0.1, 0.15) is 11.6 Å². The Morgan fingerprint density at radius 3 is 2.88 bits per heavy atom. The number of halogens is 2. The van der Waals surface area contributed by atoms with Gasteiger partial charge in [0.15, 0.2) is 5.82 Å². The van der Waals surface area contributed by atoms with Gasteiger partial charge in [0, 0.05) is 12.6 Å². The fraction of sp³-hybridized carbons (Fsp3) is 0.100. The summed E-state index contributed by atoms with van der Waals surface area (Å²) in [6, 6.07) is 4.29. The van der Waals surface area contributed by atoms with E-state index in [9.17, 15) is 4.39 Å². The van der Waals surface area contributed by atoms with Gasteiger partial charge in [0.2, 0.25) is 0 Å². The molecule has 2 aromatic rings. The van der Waals surface area contributed by atoms with Crippen LogP contribution in [0.2, 0.25) is 5.02 Å². The molecule has 0 unspecified atom stereocenters. The minimum Gasteiger partial charge on any atom is -0.372 e. The summed E-state index contributed by atoms with van der Waals surface area (Å²) in [5, 5.41) is 10.5. The van der Waals surface area contributed by atoms with Gasteiger partial charge in [-0.25, -0.2) is 9.37 Å². The van der Waals surface area contributed by atoms with E-state index >= 15 is 0 Å². The van der Waals surface area contributed by atoms with Crippen LogP contribution in [0.1, 0.15) is 0 Å². The average molecular weight is 239 g/mol. The number of nitrogens with zero attached hydrogens (tertiary/aromatic N) is 3. The van der Waals surface area contributed by atoms with Crippen molar-refractivity contribution in [2.45, 2.75) is 0 Å². The van der Waals surface area contributed by atoms with Crippen molar-refractivity contribution in [3.05, 3.63) is 35.2 Å². The molecular weight excluding hydrogens is 231 g/mol. The second-order valence-corrected chi connectivity index (χ2v) is 3.45. The van der Waals surface area contributed by atoms with E-state index in [1.165, 1.54) is 18.3 Å². The average Bonchev–Trinajstić information content (AvgIpc) is 2.33. The van der Waals surface area contributed by atoms with Gasteiger partial charge in [0.25, 0.3) is 0 Å². The Bertz CT molecular complexity index is 518. The number of rotatable bonds is 2. The number of anilines is 1. The lowest BCUT2D eigenvalue weighted by molar-refractivity contribution is 0.628. The maximum Gasteiger partial charge on any atom is 0.183 e. The van der Waals surface area contributed by atoms with Gasteiger partial charge in [-0.05, 0) is 18.2 Å². The molecule has 4 nitrogen and oxygen atoms in total. The van der Waals surface area contributed by atoms with Crippen molar-refractivity contribution in [1.29, 1.82) is 0 Å². The molecule has 0 saturated heterocycles. The van der Waals surface area contributed by atoms with E-state index in [1.807, 2.05) is 0 Å². The van der Waals surface area contributed by atoms with Crippen molar-refractivity contribution < 1.29 is 4.39 Å². The maximum atomic E-state index is 13.0. The predicted molar refractivity (Wildman–Crippen MR) is 59.8 cm³/mol. The van der Waals surface area contributed by atoms with Crippen LogP contribution in [-0.4, -0.2) is 22.2 Å². The highest BCUT2D eigenvalue weighted by atomic mass is 35.5. The summed E-state index contributed by atoms with van der Waals surface area (Å²) in [4.78, 5) is 4.17. The third-order valence-electron chi connectivity index (χ3n) is 1.99. The zero-order chi connectivity index (χ0) is 11.5. The van der Waals surface area contributed by atoms with Crippen LogP contribution >= 0.6 is 11.6 Å². The third-order valence-corrected chi connectivity index (χ3v) is 2.28. The Labute approximate surface area is 96.5 Å². The quantitative estimate of drug-likeness (QED) is 0.873. The Kier molecular flexibility index (Phi) is 2.96. The minimum atomic E-state index is -0.469. The summed E-state index contributed by atoms with van der Waals surface area (Å²) in [5.41, 5.74) is 0.621. The number of benzene rings is 1. The predicted octanol–water partition coefficient (Wildman–Crippen LogP) is 2.37. The van der Waals surface area contributed by atoms with Gasteiger partial charge < -0.3 is 5.32 Å². The monoisotopic (exact) mass is 238 g/mol. The first-order chi connectivity index (χ1) is 7.70. The second-order valence-electron chi connectivity index (χ2n) is 3.04. The van der Waals surface area contributed by atoms with Crippen molar-refractivity contribution >= 4 is 17.4 Å². The molecule has 1 N–H and O–H groups in total. The highest BCUT2D eigenvalue weighted by Crippen LogP contribution is 2.22. The molecule has 0 amide bonds. The van der Waals surface area contributed by atoms with Crippen molar-refractivity contribution in [3.63, 3.8) is 0 Å². The van der Waals surface area contributed by atoms with Crippen molar-refractivity contribution in [2.75, 3.05) is 12.4 Å². The number of aromatic nitrogens is 3. The molecule has 1 heterocycles. The molecule has 16 heavy (non-hydrogen) atoms. The first kappa shape index (κ1) is 10.8. The number of hydrogen-bond acceptors (Lipinski definition) is 4. The van der Waals surface area contributed by atoms with Gasteiger partial charge in [0.05, 0.1) is 11.2 Å². The molecule has 0 bridgehead atoms. The Morgan fingerprint density at radius 1 is 1.38 bits per heavy atom. The highest BCUT2D eigenvalue weighted by molar-refractivity contribution is 6.31. The SMILES string of the molecule is CNc1cnnc(-c2ccc(F)c(Cl)c2)n1. The molecular formula is C10H8ClFN4. The van der Waals surface area contributed by atoms with Crippen LogP contribution in [0.4, 0.5) is 10.2 Å². The van der Waals surface area contributed by atoms with Crippen LogP contribution in [0.5, 0.6) is 0 Å². The highest BCUT2D eigenvalue weighted by Gasteiger charge is 2.06. The smallest absolute Gasteiger partial charge is 0.183 e. The third kappa shape index (κ3) is 2.09. The molecule has 0 saturated carbocycles. The molecule has 0 atom stereocenters. The Balaban J connectivity index is 2.46. The second kappa shape index (κ2) is 4.40. The van der Waals surface area contributed by atoms with Gasteiger partial charge in [-0.1, -0.05) is 11.6 Å². The van der Waals surface area contributed by atoms with Crippen molar-refractivity contribution in [2.24, 2.45) is 0 Å². The van der Waals surface area contributed by atoms with Gasteiger partial charge in [-0.2, -0.15) is 5.10 Å². The van der Waals surface area contributed by atoms with Crippen molar-refractivity contribution in [3.8, 4) is 11.4 Å². The van der Waals surface area contributed by atoms with Crippen LogP contribution in [0, 0.1) is 5.82 Å². The zero-order valence-corrected chi connectivity index (χ0v) is 9.16. The van der Waals surface area contributed by atoms with Gasteiger partial charge in [-0.3, -0.25) is 0 Å². The van der Waals surface area contributed by atoms with Crippen LogP contribution < -0.4 is 5.32 Å². The Hall–Kier alpha value is -1.75. The normalized spacial score (nSPS) is 10.2. The molecule has 0 aliphatic carbocycles. The van der Waals surface area contributed by atoms with Gasteiger partial charge in [-0.15, -0.1) is 5.10 Å². The molecule has 82 valence electrons. The maximum absolute atomic E-state index is 13.0. The summed E-state index contributed by atoms with van der Waals surface area (Å²) in [7, 11) is 1.73. The van der Waals surface area contributed by atoms with Crippen LogP contribution in [0.25, 0.3) is 11.4 Å². The number of nitrogens with one attached hydrogen (secondary N) is 1. The molecule has 6 heteroatoms. The lowest BCUT2D eigenvalue weighted by atomic mass is 10.2. The largest absolute Gasteiger partial charge is 0.372 e. The lowest BCUT2D eigenvalue weighted by Gasteiger charge is -2.02. The van der Waals surface area contributed by atoms with E-state index in [1.54, 1.807) is 13.1 Å². The van der Waals surface area contributed by atoms with E-state index in [2.05, 4.69) is 20.5 Å². The van der Waals surface area contributed by atoms with Crippen molar-refractivity contribution in [1.82, 2.24) is 15.2 Å².